The predicted octanol–water partition coefficient (Wildman–Crippen LogP) is 2.16. The number of rotatable bonds is 5. The normalized spacial score (nSPS) is 11.2. The summed E-state index contributed by atoms with van der Waals surface area (Å²) in [4.78, 5) is 24.2. The summed E-state index contributed by atoms with van der Waals surface area (Å²) in [5.74, 6) is -0.387. The average Bonchev–Trinajstić information content (AvgIpc) is 2.64. The Morgan fingerprint density at radius 1 is 1.20 bits per heavy atom. The molecule has 0 atom stereocenters. The zero-order chi connectivity index (χ0) is 14.7. The standard InChI is InChI=1S/C15H20N2O3/c1-4-9-16-12-7-5-6-8-13(12)17(15(16)19)10-14(18)20-11(2)3/h5-8,11H,4,9-10H2,1-3H3. The van der Waals surface area contributed by atoms with Crippen LogP contribution in [-0.4, -0.2) is 21.2 Å². The summed E-state index contributed by atoms with van der Waals surface area (Å²) in [6, 6.07) is 7.51. The minimum Gasteiger partial charge on any atom is -0.462 e. The fourth-order valence-corrected chi connectivity index (χ4v) is 2.29. The van der Waals surface area contributed by atoms with Crippen LogP contribution in [0.15, 0.2) is 29.1 Å². The lowest BCUT2D eigenvalue weighted by Gasteiger charge is -2.08. The molecular weight excluding hydrogens is 256 g/mol. The first-order valence-corrected chi connectivity index (χ1v) is 6.92. The fourth-order valence-electron chi connectivity index (χ4n) is 2.29. The van der Waals surface area contributed by atoms with Crippen molar-refractivity contribution in [1.29, 1.82) is 0 Å². The first-order chi connectivity index (χ1) is 9.54. The third kappa shape index (κ3) is 2.76. The number of nitrogens with zero attached hydrogens (tertiary/aromatic N) is 2. The number of aromatic nitrogens is 2. The minimum absolute atomic E-state index is 0.0474. The number of carbonyl (C=O) groups excluding carboxylic acids is 1. The molecule has 0 saturated carbocycles. The molecular formula is C15H20N2O3. The van der Waals surface area contributed by atoms with Gasteiger partial charge in [-0.05, 0) is 32.4 Å². The van der Waals surface area contributed by atoms with Gasteiger partial charge in [0.1, 0.15) is 6.54 Å². The summed E-state index contributed by atoms with van der Waals surface area (Å²) in [5.41, 5.74) is 1.47. The molecule has 5 heteroatoms. The van der Waals surface area contributed by atoms with Crippen LogP contribution >= 0.6 is 0 Å². The Hall–Kier alpha value is -2.04. The highest BCUT2D eigenvalue weighted by Gasteiger charge is 2.15. The molecule has 0 radical (unpaired) electrons. The van der Waals surface area contributed by atoms with Crippen molar-refractivity contribution in [2.45, 2.75) is 46.4 Å². The molecule has 0 amide bonds. The van der Waals surface area contributed by atoms with Gasteiger partial charge in [-0.1, -0.05) is 19.1 Å². The maximum Gasteiger partial charge on any atom is 0.329 e. The van der Waals surface area contributed by atoms with Crippen LogP contribution in [-0.2, 0) is 22.6 Å². The van der Waals surface area contributed by atoms with Crippen LogP contribution in [0.4, 0.5) is 0 Å². The Morgan fingerprint density at radius 3 is 2.35 bits per heavy atom. The van der Waals surface area contributed by atoms with Gasteiger partial charge >= 0.3 is 11.7 Å². The largest absolute Gasteiger partial charge is 0.462 e. The lowest BCUT2D eigenvalue weighted by molar-refractivity contribution is -0.148. The number of fused-ring (bicyclic) bond motifs is 1. The molecule has 0 spiro atoms. The molecule has 0 aliphatic rings. The predicted molar refractivity (Wildman–Crippen MR) is 77.7 cm³/mol. The van der Waals surface area contributed by atoms with E-state index >= 15 is 0 Å². The van der Waals surface area contributed by atoms with Gasteiger partial charge < -0.3 is 4.74 Å². The molecule has 0 unspecified atom stereocenters. The Morgan fingerprint density at radius 2 is 1.80 bits per heavy atom. The van der Waals surface area contributed by atoms with E-state index in [0.29, 0.717) is 6.54 Å². The molecule has 1 heterocycles. The van der Waals surface area contributed by atoms with Gasteiger partial charge in [0.05, 0.1) is 17.1 Å². The maximum absolute atomic E-state index is 12.4. The third-order valence-electron chi connectivity index (χ3n) is 3.03. The van der Waals surface area contributed by atoms with Crippen LogP contribution < -0.4 is 5.69 Å². The van der Waals surface area contributed by atoms with Crippen LogP contribution in [0.25, 0.3) is 11.0 Å². The van der Waals surface area contributed by atoms with Gasteiger partial charge in [0.25, 0.3) is 0 Å². The third-order valence-corrected chi connectivity index (χ3v) is 3.03. The topological polar surface area (TPSA) is 53.2 Å². The second-order valence-electron chi connectivity index (χ2n) is 5.05. The van der Waals surface area contributed by atoms with E-state index in [4.69, 9.17) is 4.74 Å². The number of ether oxygens (including phenoxy) is 1. The number of para-hydroxylation sites is 2. The molecule has 0 fully saturated rings. The van der Waals surface area contributed by atoms with Gasteiger partial charge in [-0.2, -0.15) is 0 Å². The summed E-state index contributed by atoms with van der Waals surface area (Å²) < 4.78 is 8.31. The van der Waals surface area contributed by atoms with E-state index in [9.17, 15) is 9.59 Å². The second-order valence-corrected chi connectivity index (χ2v) is 5.05. The van der Waals surface area contributed by atoms with Crippen LogP contribution in [0.3, 0.4) is 0 Å². The second kappa shape index (κ2) is 5.94. The van der Waals surface area contributed by atoms with Crippen molar-refractivity contribution in [3.05, 3.63) is 34.7 Å². The number of hydrogen-bond acceptors (Lipinski definition) is 3. The van der Waals surface area contributed by atoms with Gasteiger partial charge in [-0.15, -0.1) is 0 Å². The number of imidazole rings is 1. The lowest BCUT2D eigenvalue weighted by Crippen LogP contribution is -2.28. The Bertz CT molecular complexity index is 667. The highest BCUT2D eigenvalue weighted by atomic mass is 16.5. The lowest BCUT2D eigenvalue weighted by atomic mass is 10.3. The summed E-state index contributed by atoms with van der Waals surface area (Å²) >= 11 is 0. The smallest absolute Gasteiger partial charge is 0.329 e. The van der Waals surface area contributed by atoms with E-state index < -0.39 is 0 Å². The summed E-state index contributed by atoms with van der Waals surface area (Å²) in [5, 5.41) is 0. The molecule has 20 heavy (non-hydrogen) atoms. The molecule has 1 aromatic carbocycles. The number of hydrogen-bond donors (Lipinski definition) is 0. The number of esters is 1. The SMILES string of the molecule is CCCn1c(=O)n(CC(=O)OC(C)C)c2ccccc21. The van der Waals surface area contributed by atoms with Crippen molar-refractivity contribution in [3.8, 4) is 0 Å². The molecule has 0 saturated heterocycles. The Labute approximate surface area is 117 Å². The molecule has 0 bridgehead atoms. The highest BCUT2D eigenvalue weighted by molar-refractivity contribution is 5.78. The van der Waals surface area contributed by atoms with Crippen LogP contribution in [0.1, 0.15) is 27.2 Å². The van der Waals surface area contributed by atoms with E-state index in [1.165, 1.54) is 4.57 Å². The summed E-state index contributed by atoms with van der Waals surface area (Å²) in [6.45, 7) is 6.20. The molecule has 0 N–H and O–H groups in total. The van der Waals surface area contributed by atoms with Crippen molar-refractivity contribution in [1.82, 2.24) is 9.13 Å². The van der Waals surface area contributed by atoms with E-state index in [2.05, 4.69) is 0 Å². The van der Waals surface area contributed by atoms with Crippen LogP contribution in [0.5, 0.6) is 0 Å². The maximum atomic E-state index is 12.4. The van der Waals surface area contributed by atoms with Gasteiger partial charge in [0.15, 0.2) is 0 Å². The minimum atomic E-state index is -0.387. The number of benzene rings is 1. The quantitative estimate of drug-likeness (QED) is 0.786. The van der Waals surface area contributed by atoms with Gasteiger partial charge in [-0.3, -0.25) is 13.9 Å². The van der Waals surface area contributed by atoms with Crippen molar-refractivity contribution in [2.75, 3.05) is 0 Å². The monoisotopic (exact) mass is 276 g/mol. The van der Waals surface area contributed by atoms with E-state index in [-0.39, 0.29) is 24.3 Å². The Kier molecular flexibility index (Phi) is 4.27. The van der Waals surface area contributed by atoms with E-state index in [1.54, 1.807) is 18.4 Å². The van der Waals surface area contributed by atoms with Crippen LogP contribution in [0, 0.1) is 0 Å². The van der Waals surface area contributed by atoms with Crippen molar-refractivity contribution < 1.29 is 9.53 Å². The van der Waals surface area contributed by atoms with Crippen molar-refractivity contribution >= 4 is 17.0 Å². The fraction of sp³-hybridized carbons (Fsp3) is 0.467. The molecule has 108 valence electrons. The molecule has 0 aliphatic carbocycles. The van der Waals surface area contributed by atoms with E-state index in [1.807, 2.05) is 31.2 Å². The molecule has 0 aliphatic heterocycles. The summed E-state index contributed by atoms with van der Waals surface area (Å²) in [6.07, 6.45) is 0.687. The average molecular weight is 276 g/mol. The molecule has 5 nitrogen and oxygen atoms in total. The van der Waals surface area contributed by atoms with E-state index in [0.717, 1.165) is 17.5 Å². The van der Waals surface area contributed by atoms with Crippen molar-refractivity contribution in [3.63, 3.8) is 0 Å². The van der Waals surface area contributed by atoms with Gasteiger partial charge in [-0.25, -0.2) is 4.79 Å². The molecule has 2 aromatic rings. The number of aryl methyl sites for hydroxylation is 1. The van der Waals surface area contributed by atoms with Crippen LogP contribution in [0.2, 0.25) is 0 Å². The van der Waals surface area contributed by atoms with Crippen molar-refractivity contribution in [2.24, 2.45) is 0 Å². The zero-order valence-corrected chi connectivity index (χ0v) is 12.1. The van der Waals surface area contributed by atoms with Gasteiger partial charge in [0.2, 0.25) is 0 Å². The number of carbonyl (C=O) groups is 1. The highest BCUT2D eigenvalue weighted by Crippen LogP contribution is 2.13. The zero-order valence-electron chi connectivity index (χ0n) is 12.1. The molecule has 2 rings (SSSR count). The molecule has 1 aromatic heterocycles. The van der Waals surface area contributed by atoms with Gasteiger partial charge in [0, 0.05) is 6.54 Å². The first-order valence-electron chi connectivity index (χ1n) is 6.92. The first kappa shape index (κ1) is 14.4. The Balaban J connectivity index is 2.45. The summed E-state index contributed by atoms with van der Waals surface area (Å²) in [7, 11) is 0.